The lowest BCUT2D eigenvalue weighted by atomic mass is 9.84. The molecule has 0 bridgehead atoms. The zero-order valence-electron chi connectivity index (χ0n) is 14.7. The largest absolute Gasteiger partial charge is 0.469 e. The van der Waals surface area contributed by atoms with Crippen molar-refractivity contribution in [2.45, 2.75) is 25.7 Å². The summed E-state index contributed by atoms with van der Waals surface area (Å²) < 4.78 is 5.40. The first-order chi connectivity index (χ1) is 13.0. The lowest BCUT2D eigenvalue weighted by Gasteiger charge is -2.22. The van der Waals surface area contributed by atoms with Gasteiger partial charge in [0.2, 0.25) is 0 Å². The van der Waals surface area contributed by atoms with Gasteiger partial charge in [-0.05, 0) is 49.2 Å². The maximum atomic E-state index is 12.6. The van der Waals surface area contributed by atoms with Crippen LogP contribution in [-0.2, 0) is 6.42 Å². The van der Waals surface area contributed by atoms with Crippen LogP contribution in [0, 0.1) is 6.92 Å². The number of hydrogen-bond acceptors (Lipinski definition) is 4. The van der Waals surface area contributed by atoms with Gasteiger partial charge < -0.3 is 14.7 Å². The molecule has 2 N–H and O–H groups in total. The van der Waals surface area contributed by atoms with Gasteiger partial charge in [0.25, 0.3) is 11.5 Å². The van der Waals surface area contributed by atoms with E-state index in [1.807, 2.05) is 31.2 Å². The number of anilines is 1. The molecule has 1 aliphatic rings. The molecule has 1 aliphatic carbocycles. The molecule has 2 aromatic heterocycles. The second-order valence-corrected chi connectivity index (χ2v) is 6.77. The summed E-state index contributed by atoms with van der Waals surface area (Å²) in [7, 11) is 0. The van der Waals surface area contributed by atoms with Crippen molar-refractivity contribution in [1.29, 1.82) is 0 Å². The van der Waals surface area contributed by atoms with Gasteiger partial charge in [0.15, 0.2) is 5.78 Å². The maximum absolute atomic E-state index is 12.6. The van der Waals surface area contributed by atoms with E-state index >= 15 is 0 Å². The number of nitrogens with one attached hydrogen (secondary N) is 2. The highest BCUT2D eigenvalue weighted by Crippen LogP contribution is 2.31. The molecule has 1 atom stereocenters. The first-order valence-corrected chi connectivity index (χ1v) is 8.72. The Balaban J connectivity index is 1.63. The Bertz CT molecular complexity index is 1080. The van der Waals surface area contributed by atoms with Gasteiger partial charge in [0, 0.05) is 29.3 Å². The van der Waals surface area contributed by atoms with E-state index in [9.17, 15) is 14.4 Å². The number of aryl methyl sites for hydroxylation is 1. The molecule has 0 saturated carbocycles. The van der Waals surface area contributed by atoms with Crippen molar-refractivity contribution in [1.82, 2.24) is 4.98 Å². The Kier molecular flexibility index (Phi) is 4.24. The Morgan fingerprint density at radius 1 is 1.15 bits per heavy atom. The summed E-state index contributed by atoms with van der Waals surface area (Å²) in [6.07, 6.45) is 2.34. The van der Waals surface area contributed by atoms with Crippen molar-refractivity contribution in [3.8, 4) is 0 Å². The second-order valence-electron chi connectivity index (χ2n) is 6.77. The predicted octanol–water partition coefficient (Wildman–Crippen LogP) is 3.44. The van der Waals surface area contributed by atoms with Crippen LogP contribution in [0.4, 0.5) is 5.69 Å². The van der Waals surface area contributed by atoms with Gasteiger partial charge in [-0.3, -0.25) is 14.4 Å². The van der Waals surface area contributed by atoms with Crippen LogP contribution in [0.1, 0.15) is 50.1 Å². The molecule has 0 fully saturated rings. The SMILES string of the molecule is Cc1cccc(NC(=O)c2cc3c([nH]c2=O)C[C@@H](c2ccco2)CC3=O)c1. The van der Waals surface area contributed by atoms with Crippen LogP contribution in [0.2, 0.25) is 0 Å². The molecule has 0 unspecified atom stereocenters. The van der Waals surface area contributed by atoms with E-state index in [1.165, 1.54) is 6.07 Å². The first kappa shape index (κ1) is 17.0. The quantitative estimate of drug-likeness (QED) is 0.746. The average molecular weight is 362 g/mol. The van der Waals surface area contributed by atoms with Crippen molar-refractivity contribution >= 4 is 17.4 Å². The van der Waals surface area contributed by atoms with Gasteiger partial charge in [-0.25, -0.2) is 0 Å². The van der Waals surface area contributed by atoms with Gasteiger partial charge in [0.1, 0.15) is 11.3 Å². The fourth-order valence-corrected chi connectivity index (χ4v) is 3.45. The van der Waals surface area contributed by atoms with Crippen LogP contribution in [0.25, 0.3) is 0 Å². The minimum absolute atomic E-state index is 0.0694. The topological polar surface area (TPSA) is 92.2 Å². The number of carbonyl (C=O) groups excluding carboxylic acids is 2. The number of hydrogen-bond donors (Lipinski definition) is 2. The van der Waals surface area contributed by atoms with Crippen molar-refractivity contribution in [2.75, 3.05) is 5.32 Å². The molecule has 1 amide bonds. The van der Waals surface area contributed by atoms with Crippen LogP contribution in [0.5, 0.6) is 0 Å². The molecule has 2 heterocycles. The number of pyridine rings is 1. The van der Waals surface area contributed by atoms with Crippen molar-refractivity contribution in [2.24, 2.45) is 0 Å². The highest BCUT2D eigenvalue weighted by molar-refractivity contribution is 6.06. The zero-order chi connectivity index (χ0) is 19.0. The average Bonchev–Trinajstić information content (AvgIpc) is 3.15. The molecule has 136 valence electrons. The number of aromatic amines is 1. The number of benzene rings is 1. The Hall–Kier alpha value is -3.41. The molecule has 4 rings (SSSR count). The van der Waals surface area contributed by atoms with Gasteiger partial charge in [0.05, 0.1) is 6.26 Å². The molecule has 0 saturated heterocycles. The molecule has 6 nitrogen and oxygen atoms in total. The van der Waals surface area contributed by atoms with E-state index < -0.39 is 11.5 Å². The Morgan fingerprint density at radius 2 is 2.00 bits per heavy atom. The molecule has 3 aromatic rings. The fraction of sp³-hybridized carbons (Fsp3) is 0.190. The summed E-state index contributed by atoms with van der Waals surface area (Å²) in [6.45, 7) is 1.91. The van der Waals surface area contributed by atoms with Gasteiger partial charge >= 0.3 is 0 Å². The number of ketones is 1. The lowest BCUT2D eigenvalue weighted by Crippen LogP contribution is -2.29. The zero-order valence-corrected chi connectivity index (χ0v) is 14.7. The summed E-state index contributed by atoms with van der Waals surface area (Å²) in [6, 6.07) is 12.3. The first-order valence-electron chi connectivity index (χ1n) is 8.72. The Morgan fingerprint density at radius 3 is 2.74 bits per heavy atom. The monoisotopic (exact) mass is 362 g/mol. The number of Topliss-reactive ketones (excluding diaryl/α,β-unsaturated/α-hetero) is 1. The van der Waals surface area contributed by atoms with E-state index in [0.717, 1.165) is 11.3 Å². The summed E-state index contributed by atoms with van der Waals surface area (Å²) in [4.78, 5) is 40.3. The highest BCUT2D eigenvalue weighted by Gasteiger charge is 2.30. The highest BCUT2D eigenvalue weighted by atomic mass is 16.3. The number of rotatable bonds is 3. The minimum Gasteiger partial charge on any atom is -0.469 e. The summed E-state index contributed by atoms with van der Waals surface area (Å²) in [5.74, 6) is -0.0390. The van der Waals surface area contributed by atoms with E-state index in [4.69, 9.17) is 4.42 Å². The van der Waals surface area contributed by atoms with Gasteiger partial charge in [-0.15, -0.1) is 0 Å². The third kappa shape index (κ3) is 3.33. The number of H-pyrrole nitrogens is 1. The van der Waals surface area contributed by atoms with Crippen LogP contribution in [-0.4, -0.2) is 16.7 Å². The van der Waals surface area contributed by atoms with Gasteiger partial charge in [-0.1, -0.05) is 12.1 Å². The minimum atomic E-state index is -0.536. The number of fused-ring (bicyclic) bond motifs is 1. The summed E-state index contributed by atoms with van der Waals surface area (Å²) in [5, 5.41) is 2.71. The standard InChI is InChI=1S/C21H18N2O4/c1-12-4-2-5-14(8-12)22-20(25)16-11-15-17(23-21(16)26)9-13(10-18(15)24)19-6-3-7-27-19/h2-8,11,13H,9-10H2,1H3,(H,22,25)(H,23,26)/t13-/m1/s1. The summed E-state index contributed by atoms with van der Waals surface area (Å²) in [5.41, 5.74) is 1.95. The number of aromatic nitrogens is 1. The number of carbonyl (C=O) groups is 2. The predicted molar refractivity (Wildman–Crippen MR) is 100 cm³/mol. The molecule has 0 spiro atoms. The normalized spacial score (nSPS) is 16.0. The van der Waals surface area contributed by atoms with Gasteiger partial charge in [-0.2, -0.15) is 0 Å². The third-order valence-electron chi connectivity index (χ3n) is 4.77. The molecule has 0 aliphatic heterocycles. The summed E-state index contributed by atoms with van der Waals surface area (Å²) >= 11 is 0. The third-order valence-corrected chi connectivity index (χ3v) is 4.77. The number of amides is 1. The molecule has 6 heteroatoms. The van der Waals surface area contributed by atoms with Crippen molar-refractivity contribution in [3.05, 3.63) is 87.2 Å². The van der Waals surface area contributed by atoms with E-state index in [-0.39, 0.29) is 23.7 Å². The molecular weight excluding hydrogens is 344 g/mol. The van der Waals surface area contributed by atoms with Crippen LogP contribution >= 0.6 is 0 Å². The second kappa shape index (κ2) is 6.72. The Labute approximate surface area is 155 Å². The van der Waals surface area contributed by atoms with Crippen LogP contribution in [0.3, 0.4) is 0 Å². The van der Waals surface area contributed by atoms with E-state index in [1.54, 1.807) is 18.4 Å². The van der Waals surface area contributed by atoms with Crippen LogP contribution in [0.15, 0.2) is 57.9 Å². The van der Waals surface area contributed by atoms with Crippen molar-refractivity contribution in [3.63, 3.8) is 0 Å². The molecule has 27 heavy (non-hydrogen) atoms. The molecule has 0 radical (unpaired) electrons. The lowest BCUT2D eigenvalue weighted by molar-refractivity contribution is 0.0959. The van der Waals surface area contributed by atoms with E-state index in [0.29, 0.717) is 23.4 Å². The van der Waals surface area contributed by atoms with E-state index in [2.05, 4.69) is 10.3 Å². The molecule has 1 aromatic carbocycles. The van der Waals surface area contributed by atoms with Crippen molar-refractivity contribution < 1.29 is 14.0 Å². The number of furan rings is 1. The molecular formula is C21H18N2O4. The fourth-order valence-electron chi connectivity index (χ4n) is 3.45. The smallest absolute Gasteiger partial charge is 0.261 e. The van der Waals surface area contributed by atoms with Crippen LogP contribution < -0.4 is 10.9 Å². The maximum Gasteiger partial charge on any atom is 0.261 e.